The molecule has 3 aliphatic carbocycles. The predicted octanol–water partition coefficient (Wildman–Crippen LogP) is 15.7. The molecular formula is C54H87Si3Zr3. The number of rotatable bonds is 0. The van der Waals surface area contributed by atoms with Crippen molar-refractivity contribution in [1.29, 1.82) is 0 Å². The van der Waals surface area contributed by atoms with Crippen molar-refractivity contribution < 1.29 is 78.6 Å². The van der Waals surface area contributed by atoms with Crippen molar-refractivity contribution in [2.75, 3.05) is 0 Å². The fraction of sp³-hybridized carbons (Fsp3) is 0.500. The average Bonchev–Trinajstić information content (AvgIpc) is 3.99. The maximum Gasteiger partial charge on any atom is 2.00 e. The molecule has 0 saturated heterocycles. The molecule has 3 radical (unpaired) electrons. The molecule has 0 fully saturated rings. The summed E-state index contributed by atoms with van der Waals surface area (Å²) in [6.07, 6.45) is 19.0. The number of allylic oxidation sites excluding steroid dienone is 12. The molecule has 6 heteroatoms. The van der Waals surface area contributed by atoms with E-state index < -0.39 is 0 Å². The van der Waals surface area contributed by atoms with Crippen molar-refractivity contribution in [3.05, 3.63) is 155 Å². The van der Waals surface area contributed by atoms with Gasteiger partial charge in [0.15, 0.2) is 0 Å². The maximum absolute atomic E-state index is 3.26. The molecule has 0 N–H and O–H groups in total. The first-order chi connectivity index (χ1) is 26.5. The zero-order chi connectivity index (χ0) is 45.0. The Morgan fingerprint density at radius 3 is 0.817 bits per heavy atom. The van der Waals surface area contributed by atoms with Gasteiger partial charge in [0.1, 0.15) is 0 Å². The molecule has 3 aromatic rings. The summed E-state index contributed by atoms with van der Waals surface area (Å²) in [6.45, 7) is 52.0. The Balaban J connectivity index is -0.000000139. The van der Waals surface area contributed by atoms with Gasteiger partial charge in [0, 0.05) is 28.6 Å². The van der Waals surface area contributed by atoms with Gasteiger partial charge in [-0.3, -0.25) is 18.2 Å². The van der Waals surface area contributed by atoms with Gasteiger partial charge in [-0.15, -0.1) is 26.7 Å². The van der Waals surface area contributed by atoms with Crippen molar-refractivity contribution in [3.63, 3.8) is 0 Å². The average molecular weight is 1090 g/mol. The summed E-state index contributed by atoms with van der Waals surface area (Å²) in [5, 5.41) is 0. The van der Waals surface area contributed by atoms with Crippen LogP contribution in [-0.4, -0.2) is 28.6 Å². The van der Waals surface area contributed by atoms with Crippen LogP contribution in [0.1, 0.15) is 128 Å². The van der Waals surface area contributed by atoms with Gasteiger partial charge < -0.3 is 0 Å². The van der Waals surface area contributed by atoms with Gasteiger partial charge in [-0.2, -0.15) is 108 Å². The summed E-state index contributed by atoms with van der Waals surface area (Å²) in [6, 6.07) is 6.72. The third kappa shape index (κ3) is 30.8. The van der Waals surface area contributed by atoms with Gasteiger partial charge >= 0.3 is 78.6 Å². The van der Waals surface area contributed by atoms with Crippen LogP contribution in [0.25, 0.3) is 0 Å². The second-order valence-corrected chi connectivity index (χ2v) is 19.3. The van der Waals surface area contributed by atoms with Crippen LogP contribution in [0.4, 0.5) is 0 Å². The van der Waals surface area contributed by atoms with Crippen molar-refractivity contribution >= 4 is 28.6 Å². The number of aryl methyl sites for hydroxylation is 6. The van der Waals surface area contributed by atoms with Crippen LogP contribution in [0.3, 0.4) is 0 Å². The van der Waals surface area contributed by atoms with Crippen LogP contribution in [0.15, 0.2) is 69.9 Å². The summed E-state index contributed by atoms with van der Waals surface area (Å²) in [5.41, 5.74) is 25.5. The van der Waals surface area contributed by atoms with E-state index in [2.05, 4.69) is 219 Å². The van der Waals surface area contributed by atoms with Gasteiger partial charge in [-0.25, -0.2) is 28.4 Å². The Labute approximate surface area is 440 Å². The summed E-state index contributed by atoms with van der Waals surface area (Å²) in [7, 11) is 2.25. The molecule has 0 heterocycles. The second-order valence-electron chi connectivity index (χ2n) is 15.8. The minimum atomic E-state index is 0. The normalized spacial score (nSPS) is 12.2. The van der Waals surface area contributed by atoms with Gasteiger partial charge in [-0.05, 0) is 0 Å². The molecule has 0 saturated carbocycles. The van der Waals surface area contributed by atoms with Crippen LogP contribution < -0.4 is 0 Å². The number of hydrogen-bond donors (Lipinski definition) is 0. The molecule has 0 bridgehead atoms. The Morgan fingerprint density at radius 1 is 0.450 bits per heavy atom. The van der Waals surface area contributed by atoms with E-state index in [0.29, 0.717) is 0 Å². The molecule has 0 nitrogen and oxygen atoms in total. The van der Waals surface area contributed by atoms with Gasteiger partial charge in [0.2, 0.25) is 0 Å². The monoisotopic (exact) mass is 1090 g/mol. The molecule has 327 valence electrons. The summed E-state index contributed by atoms with van der Waals surface area (Å²) < 4.78 is 0. The minimum absolute atomic E-state index is 0. The third-order valence-electron chi connectivity index (χ3n) is 10.6. The van der Waals surface area contributed by atoms with E-state index in [0.717, 1.165) is 47.8 Å². The number of hydrogen-bond acceptors (Lipinski definition) is 0. The molecule has 3 aromatic carbocycles. The fourth-order valence-corrected chi connectivity index (χ4v) is 5.40. The largest absolute Gasteiger partial charge is 2.00 e. The Bertz CT molecular complexity index is 1560. The first-order valence-corrected chi connectivity index (χ1v) is 28.0. The Morgan fingerprint density at radius 2 is 0.750 bits per heavy atom. The summed E-state index contributed by atoms with van der Waals surface area (Å²) in [5.74, 6) is 0. The molecule has 6 rings (SSSR count). The molecule has 0 unspecified atom stereocenters. The standard InChI is InChI=1S/3C9H13.C8H11.C7H9.C6H7.3C2H7Si.3Zr/c3*1-6-5-7(2)9(4)8(6)3;1-6-4-5-7(2)8(6)3;1-6-4-3-5-7(6)2;1-6-4-2-3-5-6;3*1-3-2;;;/h3*5H,1-4H3;4H2,1-3H3;3H,4H2,1-2H3;2,4H,3H2,1H3;3*3H,1-2H3;;;/q6*-1;;;;3*+2. The van der Waals surface area contributed by atoms with E-state index in [4.69, 9.17) is 0 Å². The van der Waals surface area contributed by atoms with E-state index in [-0.39, 0.29) is 78.6 Å². The van der Waals surface area contributed by atoms with Crippen molar-refractivity contribution in [1.82, 2.24) is 0 Å². The summed E-state index contributed by atoms with van der Waals surface area (Å²) >= 11 is 0. The molecular weight excluding hydrogens is 1010 g/mol. The topological polar surface area (TPSA) is 0 Å². The SMILES string of the molecule is CC1=C(C)CC=[C-]1.CC1=[C-]CC(C)=C1C.CC1=[C-]CC=C1.C[SiH]C.C[SiH]C.C[SiH]C.Cc1[cH-]c(C)c(C)c1C.Cc1[cH-]c(C)c(C)c1C.Cc1[cH-]c(C)c(C)c1C.[Zr+2].[Zr+2].[Zr+2]. The summed E-state index contributed by atoms with van der Waals surface area (Å²) in [4.78, 5) is 0. The second kappa shape index (κ2) is 41.5. The van der Waals surface area contributed by atoms with Crippen molar-refractivity contribution in [2.45, 2.75) is 183 Å². The zero-order valence-corrected chi connectivity index (χ0v) is 54.2. The fourth-order valence-electron chi connectivity index (χ4n) is 5.40. The first kappa shape index (κ1) is 71.4. The molecule has 0 aliphatic heterocycles. The van der Waals surface area contributed by atoms with Crippen molar-refractivity contribution in [3.8, 4) is 0 Å². The van der Waals surface area contributed by atoms with Crippen LogP contribution in [0.2, 0.25) is 39.3 Å². The molecule has 0 aromatic heterocycles. The van der Waals surface area contributed by atoms with Crippen LogP contribution in [0, 0.1) is 101 Å². The van der Waals surface area contributed by atoms with Gasteiger partial charge in [0.25, 0.3) is 0 Å². The zero-order valence-electron chi connectivity index (χ0n) is 43.3. The van der Waals surface area contributed by atoms with E-state index in [9.17, 15) is 0 Å². The molecule has 0 amide bonds. The minimum Gasteiger partial charge on any atom is -0.270 e. The van der Waals surface area contributed by atoms with Crippen LogP contribution >= 0.6 is 0 Å². The maximum atomic E-state index is 3.26. The van der Waals surface area contributed by atoms with E-state index in [1.807, 2.05) is 0 Å². The van der Waals surface area contributed by atoms with E-state index in [1.165, 1.54) is 100 Å². The molecule has 60 heavy (non-hydrogen) atoms. The Hall–Kier alpha value is -0.210. The molecule has 0 spiro atoms. The smallest absolute Gasteiger partial charge is 0.270 e. The quantitative estimate of drug-likeness (QED) is 0.155. The van der Waals surface area contributed by atoms with E-state index in [1.54, 1.807) is 0 Å². The molecule has 0 atom stereocenters. The van der Waals surface area contributed by atoms with Gasteiger partial charge in [0.05, 0.1) is 0 Å². The first-order valence-electron chi connectivity index (χ1n) is 21.1. The van der Waals surface area contributed by atoms with Crippen LogP contribution in [-0.2, 0) is 78.6 Å². The third-order valence-corrected chi connectivity index (χ3v) is 10.6. The van der Waals surface area contributed by atoms with Crippen molar-refractivity contribution in [2.24, 2.45) is 0 Å². The van der Waals surface area contributed by atoms with E-state index >= 15 is 0 Å². The molecule has 3 aliphatic rings. The van der Waals surface area contributed by atoms with Gasteiger partial charge in [-0.1, -0.05) is 156 Å². The van der Waals surface area contributed by atoms with Crippen LogP contribution in [0.5, 0.6) is 0 Å². The Kier molecular flexibility index (Phi) is 49.4. The predicted molar refractivity (Wildman–Crippen MR) is 272 cm³/mol.